The topological polar surface area (TPSA) is 73.9 Å². The van der Waals surface area contributed by atoms with Crippen molar-refractivity contribution >= 4 is 40.5 Å². The number of hydrogen-bond donors (Lipinski definition) is 2. The van der Waals surface area contributed by atoms with Crippen LogP contribution < -0.4 is 15.5 Å². The Labute approximate surface area is 188 Å². The SMILES string of the molecule is Cc1ccc(Cl)cc1NC(=O)C(C)N(C)CC(=O)Nc1ccc(N2CCOCC2)cc1. The average Bonchev–Trinajstić information content (AvgIpc) is 2.76. The van der Waals surface area contributed by atoms with Crippen molar-refractivity contribution in [2.75, 3.05) is 55.4 Å². The molecule has 0 radical (unpaired) electrons. The summed E-state index contributed by atoms with van der Waals surface area (Å²) in [6.07, 6.45) is 0. The normalized spacial score (nSPS) is 14.9. The molecule has 2 N–H and O–H groups in total. The Kier molecular flexibility index (Phi) is 7.90. The maximum atomic E-state index is 12.6. The second kappa shape index (κ2) is 10.6. The van der Waals surface area contributed by atoms with Crippen LogP contribution in [0.15, 0.2) is 42.5 Å². The highest BCUT2D eigenvalue weighted by atomic mass is 35.5. The third-order valence-corrected chi connectivity index (χ3v) is 5.65. The number of aryl methyl sites for hydroxylation is 1. The summed E-state index contributed by atoms with van der Waals surface area (Å²) < 4.78 is 5.38. The number of rotatable bonds is 7. The zero-order valence-corrected chi connectivity index (χ0v) is 18.9. The summed E-state index contributed by atoms with van der Waals surface area (Å²) in [6, 6.07) is 12.6. The summed E-state index contributed by atoms with van der Waals surface area (Å²) in [5, 5.41) is 6.33. The Hall–Kier alpha value is -2.61. The van der Waals surface area contributed by atoms with Crippen LogP contribution in [0.25, 0.3) is 0 Å². The van der Waals surface area contributed by atoms with E-state index in [1.165, 1.54) is 0 Å². The van der Waals surface area contributed by atoms with Gasteiger partial charge in [-0.3, -0.25) is 14.5 Å². The zero-order valence-electron chi connectivity index (χ0n) is 18.2. The van der Waals surface area contributed by atoms with Gasteiger partial charge >= 0.3 is 0 Å². The predicted molar refractivity (Wildman–Crippen MR) is 125 cm³/mol. The van der Waals surface area contributed by atoms with E-state index in [0.29, 0.717) is 10.7 Å². The standard InChI is InChI=1S/C23H29ClN4O3/c1-16-4-5-18(24)14-21(16)26-23(30)17(2)27(3)15-22(29)25-19-6-8-20(9-7-19)28-10-12-31-13-11-28/h4-9,14,17H,10-13,15H2,1-3H3,(H,25,29)(H,26,30). The van der Waals surface area contributed by atoms with Crippen molar-refractivity contribution in [1.82, 2.24) is 4.90 Å². The van der Waals surface area contributed by atoms with Gasteiger partial charge in [-0.1, -0.05) is 17.7 Å². The summed E-state index contributed by atoms with van der Waals surface area (Å²) in [7, 11) is 1.75. The number of benzene rings is 2. The van der Waals surface area contributed by atoms with Crippen LogP contribution in [0.1, 0.15) is 12.5 Å². The van der Waals surface area contributed by atoms with Gasteiger partial charge in [-0.15, -0.1) is 0 Å². The Morgan fingerprint density at radius 1 is 1.13 bits per heavy atom. The number of amides is 2. The lowest BCUT2D eigenvalue weighted by molar-refractivity contribution is -0.122. The van der Waals surface area contributed by atoms with Gasteiger partial charge in [-0.05, 0) is 62.9 Å². The van der Waals surface area contributed by atoms with Gasteiger partial charge in [0.2, 0.25) is 11.8 Å². The highest BCUT2D eigenvalue weighted by Crippen LogP contribution is 2.21. The van der Waals surface area contributed by atoms with E-state index in [0.717, 1.165) is 43.2 Å². The fourth-order valence-corrected chi connectivity index (χ4v) is 3.48. The van der Waals surface area contributed by atoms with Crippen LogP contribution in [0.3, 0.4) is 0 Å². The molecule has 1 saturated heterocycles. The number of halogens is 1. The van der Waals surface area contributed by atoms with Gasteiger partial charge in [0.05, 0.1) is 25.8 Å². The maximum absolute atomic E-state index is 12.6. The van der Waals surface area contributed by atoms with Crippen molar-refractivity contribution < 1.29 is 14.3 Å². The molecule has 0 spiro atoms. The monoisotopic (exact) mass is 444 g/mol. The molecule has 0 saturated carbocycles. The Morgan fingerprint density at radius 2 is 1.81 bits per heavy atom. The molecular formula is C23H29ClN4O3. The number of anilines is 3. The summed E-state index contributed by atoms with van der Waals surface area (Å²) in [5.74, 6) is -0.379. The zero-order chi connectivity index (χ0) is 22.4. The van der Waals surface area contributed by atoms with E-state index in [-0.39, 0.29) is 18.4 Å². The smallest absolute Gasteiger partial charge is 0.241 e. The molecule has 1 heterocycles. The first-order valence-corrected chi connectivity index (χ1v) is 10.7. The third-order valence-electron chi connectivity index (χ3n) is 5.42. The van der Waals surface area contributed by atoms with Crippen LogP contribution in [0.4, 0.5) is 17.1 Å². The molecule has 8 heteroatoms. The van der Waals surface area contributed by atoms with Gasteiger partial charge < -0.3 is 20.3 Å². The van der Waals surface area contributed by atoms with Crippen molar-refractivity contribution in [2.24, 2.45) is 0 Å². The number of carbonyl (C=O) groups is 2. The molecule has 1 atom stereocenters. The number of nitrogens with one attached hydrogen (secondary N) is 2. The number of carbonyl (C=O) groups excluding carboxylic acids is 2. The minimum atomic E-state index is -0.493. The van der Waals surface area contributed by atoms with Crippen molar-refractivity contribution in [3.63, 3.8) is 0 Å². The third kappa shape index (κ3) is 6.43. The molecule has 0 aliphatic carbocycles. The second-order valence-corrected chi connectivity index (χ2v) is 8.17. The van der Waals surface area contributed by atoms with Gasteiger partial charge in [-0.2, -0.15) is 0 Å². The summed E-state index contributed by atoms with van der Waals surface area (Å²) in [4.78, 5) is 29.0. The molecule has 166 valence electrons. The first kappa shape index (κ1) is 23.1. The predicted octanol–water partition coefficient (Wildman–Crippen LogP) is 3.38. The summed E-state index contributed by atoms with van der Waals surface area (Å²) in [5.41, 5.74) is 3.43. The first-order valence-electron chi connectivity index (χ1n) is 10.3. The van der Waals surface area contributed by atoms with E-state index in [4.69, 9.17) is 16.3 Å². The highest BCUT2D eigenvalue weighted by molar-refractivity contribution is 6.31. The Morgan fingerprint density at radius 3 is 2.48 bits per heavy atom. The van der Waals surface area contributed by atoms with Crippen LogP contribution in [0, 0.1) is 6.92 Å². The van der Waals surface area contributed by atoms with Gasteiger partial charge in [0.15, 0.2) is 0 Å². The van der Waals surface area contributed by atoms with Crippen LogP contribution in [-0.2, 0) is 14.3 Å². The summed E-state index contributed by atoms with van der Waals surface area (Å²) >= 11 is 6.02. The molecule has 2 aromatic carbocycles. The number of ether oxygens (including phenoxy) is 1. The number of morpholine rings is 1. The molecule has 1 fully saturated rings. The average molecular weight is 445 g/mol. The molecule has 3 rings (SSSR count). The van der Waals surface area contributed by atoms with Gasteiger partial charge in [0.1, 0.15) is 0 Å². The Balaban J connectivity index is 1.51. The lowest BCUT2D eigenvalue weighted by atomic mass is 10.2. The van der Waals surface area contributed by atoms with Gasteiger partial charge in [-0.25, -0.2) is 0 Å². The van der Waals surface area contributed by atoms with Crippen LogP contribution >= 0.6 is 11.6 Å². The summed E-state index contributed by atoms with van der Waals surface area (Å²) in [6.45, 7) is 6.95. The minimum absolute atomic E-state index is 0.0916. The van der Waals surface area contributed by atoms with Crippen molar-refractivity contribution in [3.8, 4) is 0 Å². The van der Waals surface area contributed by atoms with Crippen molar-refractivity contribution in [3.05, 3.63) is 53.1 Å². The van der Waals surface area contributed by atoms with Crippen LogP contribution in [-0.4, -0.2) is 62.7 Å². The minimum Gasteiger partial charge on any atom is -0.378 e. The van der Waals surface area contributed by atoms with E-state index in [9.17, 15) is 9.59 Å². The molecule has 0 bridgehead atoms. The highest BCUT2D eigenvalue weighted by Gasteiger charge is 2.21. The van der Waals surface area contributed by atoms with Crippen LogP contribution in [0.5, 0.6) is 0 Å². The van der Waals surface area contributed by atoms with E-state index in [1.54, 1.807) is 31.0 Å². The van der Waals surface area contributed by atoms with E-state index < -0.39 is 6.04 Å². The lowest BCUT2D eigenvalue weighted by Gasteiger charge is -2.29. The van der Waals surface area contributed by atoms with Crippen molar-refractivity contribution in [2.45, 2.75) is 19.9 Å². The van der Waals surface area contributed by atoms with Crippen molar-refractivity contribution in [1.29, 1.82) is 0 Å². The maximum Gasteiger partial charge on any atom is 0.241 e. The van der Waals surface area contributed by atoms with Gasteiger partial charge in [0, 0.05) is 35.2 Å². The fraction of sp³-hybridized carbons (Fsp3) is 0.391. The fourth-order valence-electron chi connectivity index (χ4n) is 3.31. The Bertz CT molecular complexity index is 914. The molecule has 31 heavy (non-hydrogen) atoms. The molecule has 1 unspecified atom stereocenters. The number of hydrogen-bond acceptors (Lipinski definition) is 5. The molecule has 2 aromatic rings. The molecule has 2 amide bonds. The molecular weight excluding hydrogens is 416 g/mol. The van der Waals surface area contributed by atoms with E-state index in [1.807, 2.05) is 37.3 Å². The molecule has 1 aliphatic heterocycles. The lowest BCUT2D eigenvalue weighted by Crippen LogP contribution is -2.43. The molecule has 0 aromatic heterocycles. The number of likely N-dealkylation sites (N-methyl/N-ethyl adjacent to an activating group) is 1. The quantitative estimate of drug-likeness (QED) is 0.684. The van der Waals surface area contributed by atoms with E-state index in [2.05, 4.69) is 15.5 Å². The van der Waals surface area contributed by atoms with Crippen LogP contribution in [0.2, 0.25) is 5.02 Å². The largest absolute Gasteiger partial charge is 0.378 e. The number of nitrogens with zero attached hydrogens (tertiary/aromatic N) is 2. The molecule has 1 aliphatic rings. The second-order valence-electron chi connectivity index (χ2n) is 7.73. The molecule has 7 nitrogen and oxygen atoms in total. The van der Waals surface area contributed by atoms with E-state index >= 15 is 0 Å². The first-order chi connectivity index (χ1) is 14.8. The van der Waals surface area contributed by atoms with Gasteiger partial charge in [0.25, 0.3) is 0 Å².